The Bertz CT molecular complexity index is 1210. The lowest BCUT2D eigenvalue weighted by molar-refractivity contribution is -0.132. The second-order valence-electron chi connectivity index (χ2n) is 8.51. The molecule has 0 saturated carbocycles. The van der Waals surface area contributed by atoms with Crippen molar-refractivity contribution in [2.24, 2.45) is 0 Å². The SMILES string of the molecule is Cc1cccc2sc(OC3CCN(C(=O)Cc4ccc(S(=O)(=O)C(C)C)cc4)CC3)nc12. The van der Waals surface area contributed by atoms with Gasteiger partial charge in [-0.2, -0.15) is 0 Å². The van der Waals surface area contributed by atoms with Gasteiger partial charge >= 0.3 is 0 Å². The first kappa shape index (κ1) is 22.7. The number of ether oxygens (including phenoxy) is 1. The second-order valence-corrected chi connectivity index (χ2v) is 12.0. The number of carbonyl (C=O) groups is 1. The summed E-state index contributed by atoms with van der Waals surface area (Å²) < 4.78 is 31.7. The van der Waals surface area contributed by atoms with Gasteiger partial charge in [0.25, 0.3) is 5.19 Å². The smallest absolute Gasteiger partial charge is 0.274 e. The Hall–Kier alpha value is -2.45. The fourth-order valence-electron chi connectivity index (χ4n) is 3.84. The van der Waals surface area contributed by atoms with Crippen molar-refractivity contribution >= 4 is 37.3 Å². The first-order chi connectivity index (χ1) is 15.2. The topological polar surface area (TPSA) is 76.6 Å². The number of rotatable bonds is 6. The van der Waals surface area contributed by atoms with E-state index in [0.717, 1.165) is 34.2 Å². The van der Waals surface area contributed by atoms with Crippen molar-refractivity contribution in [2.75, 3.05) is 13.1 Å². The molecule has 2 heterocycles. The highest BCUT2D eigenvalue weighted by molar-refractivity contribution is 7.92. The van der Waals surface area contributed by atoms with Gasteiger partial charge in [-0.25, -0.2) is 13.4 Å². The Labute approximate surface area is 193 Å². The van der Waals surface area contributed by atoms with Gasteiger partial charge in [0.2, 0.25) is 5.91 Å². The zero-order valence-corrected chi connectivity index (χ0v) is 20.2. The molecule has 0 atom stereocenters. The number of hydrogen-bond donors (Lipinski definition) is 0. The predicted molar refractivity (Wildman–Crippen MR) is 127 cm³/mol. The number of fused-ring (bicyclic) bond motifs is 1. The minimum Gasteiger partial charge on any atom is -0.467 e. The number of hydrogen-bond acceptors (Lipinski definition) is 6. The number of nitrogens with zero attached hydrogens (tertiary/aromatic N) is 2. The molecule has 1 fully saturated rings. The third-order valence-corrected chi connectivity index (χ3v) is 8.97. The normalized spacial score (nSPS) is 15.4. The van der Waals surface area contributed by atoms with Crippen LogP contribution < -0.4 is 4.74 Å². The van der Waals surface area contributed by atoms with Crippen LogP contribution in [0.2, 0.25) is 0 Å². The summed E-state index contributed by atoms with van der Waals surface area (Å²) in [4.78, 5) is 19.5. The van der Waals surface area contributed by atoms with Gasteiger partial charge in [-0.3, -0.25) is 4.79 Å². The van der Waals surface area contributed by atoms with Gasteiger partial charge in [0.05, 0.1) is 26.8 Å². The lowest BCUT2D eigenvalue weighted by Crippen LogP contribution is -2.42. The van der Waals surface area contributed by atoms with Crippen molar-refractivity contribution in [3.05, 3.63) is 53.6 Å². The number of benzene rings is 2. The lowest BCUT2D eigenvalue weighted by Gasteiger charge is -2.31. The Balaban J connectivity index is 1.31. The van der Waals surface area contributed by atoms with Crippen LogP contribution in [0.4, 0.5) is 0 Å². The quantitative estimate of drug-likeness (QED) is 0.531. The molecule has 0 N–H and O–H groups in total. The number of aryl methyl sites for hydroxylation is 1. The molecule has 0 unspecified atom stereocenters. The van der Waals surface area contributed by atoms with Crippen LogP contribution in [0.25, 0.3) is 10.2 Å². The van der Waals surface area contributed by atoms with Crippen molar-refractivity contribution in [1.82, 2.24) is 9.88 Å². The monoisotopic (exact) mass is 472 g/mol. The van der Waals surface area contributed by atoms with E-state index < -0.39 is 15.1 Å². The maximum atomic E-state index is 12.7. The summed E-state index contributed by atoms with van der Waals surface area (Å²) in [6.45, 7) is 6.67. The van der Waals surface area contributed by atoms with Gasteiger partial charge in [0, 0.05) is 25.9 Å². The minimum atomic E-state index is -3.30. The Morgan fingerprint density at radius 3 is 2.47 bits per heavy atom. The van der Waals surface area contributed by atoms with E-state index in [1.807, 2.05) is 24.0 Å². The number of thiazole rings is 1. The highest BCUT2D eigenvalue weighted by Gasteiger charge is 2.25. The lowest BCUT2D eigenvalue weighted by atomic mass is 10.1. The molecule has 170 valence electrons. The largest absolute Gasteiger partial charge is 0.467 e. The molecule has 0 radical (unpaired) electrons. The van der Waals surface area contributed by atoms with Gasteiger partial charge in [0.15, 0.2) is 9.84 Å². The molecule has 3 aromatic rings. The van der Waals surface area contributed by atoms with E-state index in [9.17, 15) is 13.2 Å². The number of aromatic nitrogens is 1. The van der Waals surface area contributed by atoms with Crippen molar-refractivity contribution in [3.8, 4) is 5.19 Å². The van der Waals surface area contributed by atoms with E-state index in [2.05, 4.69) is 11.1 Å². The van der Waals surface area contributed by atoms with Crippen molar-refractivity contribution < 1.29 is 17.9 Å². The first-order valence-corrected chi connectivity index (χ1v) is 13.2. The van der Waals surface area contributed by atoms with E-state index in [1.165, 1.54) is 0 Å². The third kappa shape index (κ3) is 4.81. The van der Waals surface area contributed by atoms with Crippen LogP contribution in [-0.4, -0.2) is 48.7 Å². The summed E-state index contributed by atoms with van der Waals surface area (Å²) >= 11 is 1.56. The Kier molecular flexibility index (Phi) is 6.53. The Morgan fingerprint density at radius 1 is 1.16 bits per heavy atom. The highest BCUT2D eigenvalue weighted by Crippen LogP contribution is 2.31. The zero-order chi connectivity index (χ0) is 22.9. The fourth-order valence-corrected chi connectivity index (χ4v) is 5.86. The standard InChI is InChI=1S/C24H28N2O4S2/c1-16(2)32(28,29)20-9-7-18(8-10-20)15-22(27)26-13-11-19(12-14-26)30-24-25-23-17(3)5-4-6-21(23)31-24/h4-10,16,19H,11-15H2,1-3H3. The van der Waals surface area contributed by atoms with Crippen molar-refractivity contribution in [3.63, 3.8) is 0 Å². The van der Waals surface area contributed by atoms with E-state index in [4.69, 9.17) is 4.74 Å². The molecule has 8 heteroatoms. The minimum absolute atomic E-state index is 0.0542. The van der Waals surface area contributed by atoms with E-state index in [1.54, 1.807) is 49.4 Å². The molecule has 2 aromatic carbocycles. The van der Waals surface area contributed by atoms with Crippen molar-refractivity contribution in [1.29, 1.82) is 0 Å². The predicted octanol–water partition coefficient (Wildman–Crippen LogP) is 4.40. The number of amides is 1. The average molecular weight is 473 g/mol. The summed E-state index contributed by atoms with van der Waals surface area (Å²) in [6.07, 6.45) is 1.86. The van der Waals surface area contributed by atoms with Gasteiger partial charge in [-0.05, 0) is 50.1 Å². The molecule has 1 saturated heterocycles. The summed E-state index contributed by atoms with van der Waals surface area (Å²) in [7, 11) is -3.30. The maximum absolute atomic E-state index is 12.7. The molecule has 1 aliphatic heterocycles. The molecule has 1 amide bonds. The molecule has 1 aliphatic rings. The zero-order valence-electron chi connectivity index (χ0n) is 18.6. The van der Waals surface area contributed by atoms with Crippen LogP contribution in [0.1, 0.15) is 37.8 Å². The summed E-state index contributed by atoms with van der Waals surface area (Å²) in [6, 6.07) is 12.8. The van der Waals surface area contributed by atoms with E-state index in [0.29, 0.717) is 23.2 Å². The number of sulfone groups is 1. The van der Waals surface area contributed by atoms with Gasteiger partial charge in [0.1, 0.15) is 6.10 Å². The number of piperidine rings is 1. The van der Waals surface area contributed by atoms with E-state index in [-0.39, 0.29) is 18.4 Å². The van der Waals surface area contributed by atoms with Gasteiger partial charge in [-0.15, -0.1) is 0 Å². The molecule has 4 rings (SSSR count). The van der Waals surface area contributed by atoms with Gasteiger partial charge in [-0.1, -0.05) is 35.6 Å². The number of para-hydroxylation sites is 1. The average Bonchev–Trinajstić information content (AvgIpc) is 3.18. The number of likely N-dealkylation sites (tertiary alicyclic amines) is 1. The van der Waals surface area contributed by atoms with Crippen molar-refractivity contribution in [2.45, 2.75) is 56.3 Å². The molecule has 0 bridgehead atoms. The Morgan fingerprint density at radius 2 is 1.84 bits per heavy atom. The molecule has 0 aliphatic carbocycles. The van der Waals surface area contributed by atoms with Crippen LogP contribution in [0.3, 0.4) is 0 Å². The molecule has 32 heavy (non-hydrogen) atoms. The van der Waals surface area contributed by atoms with Crippen LogP contribution in [0, 0.1) is 6.92 Å². The van der Waals surface area contributed by atoms with Crippen LogP contribution in [0.5, 0.6) is 5.19 Å². The molecule has 1 aromatic heterocycles. The van der Waals surface area contributed by atoms with Crippen LogP contribution in [-0.2, 0) is 21.1 Å². The molecule has 6 nitrogen and oxygen atoms in total. The second kappa shape index (κ2) is 9.19. The van der Waals surface area contributed by atoms with Crippen LogP contribution in [0.15, 0.2) is 47.4 Å². The third-order valence-electron chi connectivity index (χ3n) is 5.89. The van der Waals surface area contributed by atoms with Gasteiger partial charge < -0.3 is 9.64 Å². The maximum Gasteiger partial charge on any atom is 0.274 e. The summed E-state index contributed by atoms with van der Waals surface area (Å²) in [5.41, 5.74) is 2.96. The fraction of sp³-hybridized carbons (Fsp3) is 0.417. The molecular weight excluding hydrogens is 444 g/mol. The summed E-state index contributed by atoms with van der Waals surface area (Å²) in [5.74, 6) is 0.0542. The highest BCUT2D eigenvalue weighted by atomic mass is 32.2. The molecule has 0 spiro atoms. The first-order valence-electron chi connectivity index (χ1n) is 10.9. The van der Waals surface area contributed by atoms with Crippen LogP contribution >= 0.6 is 11.3 Å². The number of carbonyl (C=O) groups excluding carboxylic acids is 1. The molecular formula is C24H28N2O4S2. The summed E-state index contributed by atoms with van der Waals surface area (Å²) in [5, 5.41) is 0.223. The van der Waals surface area contributed by atoms with E-state index >= 15 is 0 Å².